The number of hydrogen-bond acceptors (Lipinski definition) is 4. The monoisotopic (exact) mass is 260 g/mol. The van der Waals surface area contributed by atoms with Crippen molar-refractivity contribution in [3.63, 3.8) is 0 Å². The standard InChI is InChI=1S/C8H14O2.C6H14O2/c1-4-5-9-6-7-10-8(2)3;1-6(2)8-5-4-7-3/h1,8H,5-7H2,2-3H3;6H,4-5H2,1-3H3. The van der Waals surface area contributed by atoms with Crippen LogP contribution in [0.2, 0.25) is 0 Å². The molecule has 18 heavy (non-hydrogen) atoms. The van der Waals surface area contributed by atoms with Crippen LogP contribution in [0.25, 0.3) is 0 Å². The van der Waals surface area contributed by atoms with Gasteiger partial charge in [0, 0.05) is 7.11 Å². The van der Waals surface area contributed by atoms with Crippen molar-refractivity contribution in [3.8, 4) is 12.3 Å². The van der Waals surface area contributed by atoms with Crippen molar-refractivity contribution in [2.75, 3.05) is 40.1 Å². The highest BCUT2D eigenvalue weighted by Gasteiger charge is 1.91. The van der Waals surface area contributed by atoms with E-state index in [0.29, 0.717) is 39.1 Å². The predicted octanol–water partition coefficient (Wildman–Crippen LogP) is 2.12. The van der Waals surface area contributed by atoms with E-state index in [-0.39, 0.29) is 6.10 Å². The maximum absolute atomic E-state index is 5.19. The summed E-state index contributed by atoms with van der Waals surface area (Å²) < 4.78 is 20.1. The molecule has 0 saturated heterocycles. The Morgan fingerprint density at radius 3 is 1.78 bits per heavy atom. The zero-order valence-electron chi connectivity index (χ0n) is 12.4. The van der Waals surface area contributed by atoms with Gasteiger partial charge in [0.15, 0.2) is 0 Å². The summed E-state index contributed by atoms with van der Waals surface area (Å²) in [6, 6.07) is 0. The smallest absolute Gasteiger partial charge is 0.107 e. The van der Waals surface area contributed by atoms with E-state index >= 15 is 0 Å². The van der Waals surface area contributed by atoms with E-state index < -0.39 is 0 Å². The fraction of sp³-hybridized carbons (Fsp3) is 0.857. The van der Waals surface area contributed by atoms with Crippen LogP contribution in [0.5, 0.6) is 0 Å². The third kappa shape index (κ3) is 24.6. The molecule has 0 rings (SSSR count). The van der Waals surface area contributed by atoms with Crippen molar-refractivity contribution < 1.29 is 18.9 Å². The van der Waals surface area contributed by atoms with Gasteiger partial charge in [0.1, 0.15) is 6.61 Å². The number of methoxy groups -OCH3 is 1. The van der Waals surface area contributed by atoms with Crippen molar-refractivity contribution >= 4 is 0 Å². The minimum atomic E-state index is 0.273. The van der Waals surface area contributed by atoms with Crippen molar-refractivity contribution in [2.45, 2.75) is 39.9 Å². The molecule has 0 bridgehead atoms. The maximum atomic E-state index is 5.19. The number of terminal acetylenes is 1. The van der Waals surface area contributed by atoms with Crippen LogP contribution < -0.4 is 0 Å². The lowest BCUT2D eigenvalue weighted by molar-refractivity contribution is 0.0280. The molecule has 0 spiro atoms. The summed E-state index contributed by atoms with van der Waals surface area (Å²) in [6.07, 6.45) is 5.55. The first-order chi connectivity index (χ1) is 8.54. The molecule has 0 unspecified atom stereocenters. The van der Waals surface area contributed by atoms with Crippen molar-refractivity contribution in [2.24, 2.45) is 0 Å². The average molecular weight is 260 g/mol. The van der Waals surface area contributed by atoms with Gasteiger partial charge in [-0.05, 0) is 27.7 Å². The van der Waals surface area contributed by atoms with Crippen molar-refractivity contribution in [1.29, 1.82) is 0 Å². The van der Waals surface area contributed by atoms with E-state index in [0.717, 1.165) is 0 Å². The van der Waals surface area contributed by atoms with Gasteiger partial charge in [-0.15, -0.1) is 6.42 Å². The third-order valence-corrected chi connectivity index (χ3v) is 1.60. The fourth-order valence-electron chi connectivity index (χ4n) is 0.841. The molecular formula is C14H28O4. The molecule has 0 aliphatic heterocycles. The summed E-state index contributed by atoms with van der Waals surface area (Å²) in [5.74, 6) is 2.38. The first-order valence-electron chi connectivity index (χ1n) is 6.27. The summed E-state index contributed by atoms with van der Waals surface area (Å²) in [5.41, 5.74) is 0. The molecule has 0 heterocycles. The lowest BCUT2D eigenvalue weighted by atomic mass is 10.5. The first-order valence-corrected chi connectivity index (χ1v) is 6.27. The summed E-state index contributed by atoms with van der Waals surface area (Å²) in [6.45, 7) is 11.0. The van der Waals surface area contributed by atoms with E-state index in [2.05, 4.69) is 5.92 Å². The molecule has 0 saturated carbocycles. The van der Waals surface area contributed by atoms with Crippen LogP contribution in [0, 0.1) is 12.3 Å². The topological polar surface area (TPSA) is 36.9 Å². The summed E-state index contributed by atoms with van der Waals surface area (Å²) in [4.78, 5) is 0. The predicted molar refractivity (Wildman–Crippen MR) is 73.7 cm³/mol. The van der Waals surface area contributed by atoms with Gasteiger partial charge in [-0.2, -0.15) is 0 Å². The Bertz CT molecular complexity index is 185. The van der Waals surface area contributed by atoms with Gasteiger partial charge in [-0.25, -0.2) is 0 Å². The zero-order valence-corrected chi connectivity index (χ0v) is 12.4. The third-order valence-electron chi connectivity index (χ3n) is 1.60. The number of hydrogen-bond donors (Lipinski definition) is 0. The van der Waals surface area contributed by atoms with Crippen LogP contribution in [0.4, 0.5) is 0 Å². The summed E-state index contributed by atoms with van der Waals surface area (Å²) in [7, 11) is 1.67. The maximum Gasteiger partial charge on any atom is 0.107 e. The van der Waals surface area contributed by atoms with Crippen molar-refractivity contribution in [1.82, 2.24) is 0 Å². The normalized spacial score (nSPS) is 10.1. The minimum absolute atomic E-state index is 0.273. The lowest BCUT2D eigenvalue weighted by Gasteiger charge is -2.05. The highest BCUT2D eigenvalue weighted by Crippen LogP contribution is 1.86. The quantitative estimate of drug-likeness (QED) is 0.470. The number of ether oxygens (including phenoxy) is 4. The highest BCUT2D eigenvalue weighted by molar-refractivity contribution is 4.82. The second-order valence-corrected chi connectivity index (χ2v) is 4.09. The van der Waals surface area contributed by atoms with Crippen LogP contribution in [-0.2, 0) is 18.9 Å². The van der Waals surface area contributed by atoms with Gasteiger partial charge in [0.2, 0.25) is 0 Å². The van der Waals surface area contributed by atoms with Crippen molar-refractivity contribution in [3.05, 3.63) is 0 Å². The highest BCUT2D eigenvalue weighted by atomic mass is 16.5. The number of rotatable bonds is 9. The largest absolute Gasteiger partial charge is 0.382 e. The van der Waals surface area contributed by atoms with Gasteiger partial charge in [-0.3, -0.25) is 0 Å². The zero-order chi connectivity index (χ0) is 14.2. The fourth-order valence-corrected chi connectivity index (χ4v) is 0.841. The molecule has 4 nitrogen and oxygen atoms in total. The second kappa shape index (κ2) is 16.4. The first kappa shape index (κ1) is 19.7. The van der Waals surface area contributed by atoms with E-state index in [1.54, 1.807) is 7.11 Å². The molecular weight excluding hydrogens is 232 g/mol. The second-order valence-electron chi connectivity index (χ2n) is 4.09. The Labute approximate surface area is 112 Å². The molecule has 0 atom stereocenters. The summed E-state index contributed by atoms with van der Waals surface area (Å²) >= 11 is 0. The van der Waals surface area contributed by atoms with Gasteiger partial charge in [0.05, 0.1) is 38.6 Å². The molecule has 0 aliphatic rings. The van der Waals surface area contributed by atoms with Crippen LogP contribution in [0.3, 0.4) is 0 Å². The van der Waals surface area contributed by atoms with Gasteiger partial charge < -0.3 is 18.9 Å². The van der Waals surface area contributed by atoms with Crippen LogP contribution in [0.15, 0.2) is 0 Å². The average Bonchev–Trinajstić information content (AvgIpc) is 2.29. The van der Waals surface area contributed by atoms with Crippen LogP contribution in [0.1, 0.15) is 27.7 Å². The van der Waals surface area contributed by atoms with Gasteiger partial charge in [-0.1, -0.05) is 5.92 Å². The molecule has 0 radical (unpaired) electrons. The Hall–Kier alpha value is -0.600. The Kier molecular flexibility index (Phi) is 18.0. The molecule has 0 aliphatic carbocycles. The molecule has 108 valence electrons. The van der Waals surface area contributed by atoms with E-state index in [4.69, 9.17) is 25.4 Å². The molecule has 0 fully saturated rings. The molecule has 0 amide bonds. The van der Waals surface area contributed by atoms with Gasteiger partial charge >= 0.3 is 0 Å². The summed E-state index contributed by atoms with van der Waals surface area (Å²) in [5, 5.41) is 0. The minimum Gasteiger partial charge on any atom is -0.382 e. The molecule has 0 aromatic rings. The SMILES string of the molecule is C#CCOCCOC(C)C.COCCOC(C)C. The Balaban J connectivity index is 0. The van der Waals surface area contributed by atoms with E-state index in [1.807, 2.05) is 27.7 Å². The molecule has 4 heteroatoms. The molecule has 0 aromatic heterocycles. The Morgan fingerprint density at radius 2 is 1.39 bits per heavy atom. The molecule has 0 N–H and O–H groups in total. The van der Waals surface area contributed by atoms with Crippen LogP contribution >= 0.6 is 0 Å². The van der Waals surface area contributed by atoms with Crippen LogP contribution in [-0.4, -0.2) is 52.4 Å². The molecule has 0 aromatic carbocycles. The van der Waals surface area contributed by atoms with E-state index in [9.17, 15) is 0 Å². The van der Waals surface area contributed by atoms with Gasteiger partial charge in [0.25, 0.3) is 0 Å². The lowest BCUT2D eigenvalue weighted by Crippen LogP contribution is -2.09. The van der Waals surface area contributed by atoms with E-state index in [1.165, 1.54) is 0 Å². The Morgan fingerprint density at radius 1 is 0.889 bits per heavy atom.